The van der Waals surface area contributed by atoms with E-state index >= 15 is 0 Å². The first kappa shape index (κ1) is 12.0. The summed E-state index contributed by atoms with van der Waals surface area (Å²) in [6.07, 6.45) is 0.617. The average Bonchev–Trinajstić information content (AvgIpc) is 2.23. The molecule has 0 aliphatic heterocycles. The van der Waals surface area contributed by atoms with E-state index in [4.69, 9.17) is 17.3 Å². The van der Waals surface area contributed by atoms with Crippen molar-refractivity contribution in [3.05, 3.63) is 28.8 Å². The highest BCUT2D eigenvalue weighted by molar-refractivity contribution is 6.31. The molecule has 1 aromatic rings. The zero-order valence-electron chi connectivity index (χ0n) is 8.88. The molecular formula is C11H15ClN2O. The van der Waals surface area contributed by atoms with Gasteiger partial charge in [0.2, 0.25) is 5.91 Å². The Labute approximate surface area is 94.6 Å². The Morgan fingerprint density at radius 2 is 2.27 bits per heavy atom. The number of rotatable bonds is 3. The van der Waals surface area contributed by atoms with E-state index in [-0.39, 0.29) is 5.91 Å². The second kappa shape index (κ2) is 5.14. The second-order valence-corrected chi connectivity index (χ2v) is 3.82. The van der Waals surface area contributed by atoms with E-state index in [1.54, 1.807) is 12.1 Å². The maximum atomic E-state index is 11.5. The highest BCUT2D eigenvalue weighted by Gasteiger charge is 2.12. The molecule has 82 valence electrons. The van der Waals surface area contributed by atoms with E-state index in [2.05, 4.69) is 5.32 Å². The van der Waals surface area contributed by atoms with Crippen LogP contribution in [0, 0.1) is 6.92 Å². The van der Waals surface area contributed by atoms with E-state index < -0.39 is 6.04 Å². The first-order valence-corrected chi connectivity index (χ1v) is 5.25. The minimum Gasteiger partial charge on any atom is -0.324 e. The Morgan fingerprint density at radius 1 is 1.60 bits per heavy atom. The summed E-state index contributed by atoms with van der Waals surface area (Å²) < 4.78 is 0. The first-order valence-electron chi connectivity index (χ1n) is 4.87. The average molecular weight is 227 g/mol. The molecule has 1 unspecified atom stereocenters. The van der Waals surface area contributed by atoms with Crippen molar-refractivity contribution in [2.45, 2.75) is 26.3 Å². The molecule has 15 heavy (non-hydrogen) atoms. The minimum absolute atomic E-state index is 0.178. The highest BCUT2D eigenvalue weighted by Crippen LogP contribution is 2.22. The summed E-state index contributed by atoms with van der Waals surface area (Å²) in [6.45, 7) is 3.73. The lowest BCUT2D eigenvalue weighted by atomic mass is 10.1. The Bertz CT molecular complexity index is 366. The van der Waals surface area contributed by atoms with Gasteiger partial charge in [0.15, 0.2) is 0 Å². The van der Waals surface area contributed by atoms with Crippen molar-refractivity contribution in [2.24, 2.45) is 5.73 Å². The highest BCUT2D eigenvalue weighted by atomic mass is 35.5. The van der Waals surface area contributed by atoms with Crippen molar-refractivity contribution in [2.75, 3.05) is 5.32 Å². The van der Waals surface area contributed by atoms with Gasteiger partial charge in [0.1, 0.15) is 0 Å². The Hall–Kier alpha value is -1.06. The molecule has 3 N–H and O–H groups in total. The molecule has 1 rings (SSSR count). The molecule has 0 saturated carbocycles. The van der Waals surface area contributed by atoms with Crippen molar-refractivity contribution in [3.8, 4) is 0 Å². The third kappa shape index (κ3) is 2.94. The molecule has 0 bridgehead atoms. The van der Waals surface area contributed by atoms with Crippen LogP contribution >= 0.6 is 11.6 Å². The summed E-state index contributed by atoms with van der Waals surface area (Å²) in [5, 5.41) is 3.39. The maximum absolute atomic E-state index is 11.5. The van der Waals surface area contributed by atoms with Gasteiger partial charge in [-0.2, -0.15) is 0 Å². The van der Waals surface area contributed by atoms with Gasteiger partial charge in [-0.1, -0.05) is 24.6 Å². The second-order valence-electron chi connectivity index (χ2n) is 3.42. The van der Waals surface area contributed by atoms with Crippen molar-refractivity contribution in [1.82, 2.24) is 0 Å². The molecule has 1 atom stereocenters. The van der Waals surface area contributed by atoms with E-state index in [0.717, 1.165) is 11.3 Å². The molecule has 0 aliphatic rings. The molecule has 0 fully saturated rings. The summed E-state index contributed by atoms with van der Waals surface area (Å²) in [5.41, 5.74) is 7.18. The number of halogens is 1. The fourth-order valence-electron chi connectivity index (χ4n) is 1.15. The van der Waals surface area contributed by atoms with Crippen LogP contribution in [-0.2, 0) is 4.79 Å². The maximum Gasteiger partial charge on any atom is 0.241 e. The summed E-state index contributed by atoms with van der Waals surface area (Å²) in [5.74, 6) is -0.178. The summed E-state index contributed by atoms with van der Waals surface area (Å²) in [6, 6.07) is 4.92. The molecule has 0 aromatic heterocycles. The standard InChI is InChI=1S/C11H15ClN2O/c1-3-9(13)11(15)14-10-6-4-5-8(12)7(10)2/h4-6,9H,3,13H2,1-2H3,(H,14,15). The molecule has 0 radical (unpaired) electrons. The van der Waals surface area contributed by atoms with Crippen LogP contribution in [0.1, 0.15) is 18.9 Å². The summed E-state index contributed by atoms with van der Waals surface area (Å²) in [4.78, 5) is 11.5. The van der Waals surface area contributed by atoms with E-state index in [1.165, 1.54) is 0 Å². The molecule has 0 heterocycles. The lowest BCUT2D eigenvalue weighted by Crippen LogP contribution is -2.35. The third-order valence-electron chi connectivity index (χ3n) is 2.30. The van der Waals surface area contributed by atoms with E-state index in [0.29, 0.717) is 11.4 Å². The summed E-state index contributed by atoms with van der Waals surface area (Å²) >= 11 is 5.93. The van der Waals surface area contributed by atoms with Gasteiger partial charge >= 0.3 is 0 Å². The Morgan fingerprint density at radius 3 is 2.87 bits per heavy atom. The van der Waals surface area contributed by atoms with Gasteiger partial charge in [-0.3, -0.25) is 4.79 Å². The van der Waals surface area contributed by atoms with Crippen molar-refractivity contribution in [3.63, 3.8) is 0 Å². The van der Waals surface area contributed by atoms with Crippen LogP contribution < -0.4 is 11.1 Å². The first-order chi connectivity index (χ1) is 7.06. The fourth-order valence-corrected chi connectivity index (χ4v) is 1.33. The smallest absolute Gasteiger partial charge is 0.241 e. The van der Waals surface area contributed by atoms with Crippen LogP contribution in [-0.4, -0.2) is 11.9 Å². The number of carbonyl (C=O) groups is 1. The monoisotopic (exact) mass is 226 g/mol. The zero-order chi connectivity index (χ0) is 11.4. The van der Waals surface area contributed by atoms with Gasteiger partial charge in [-0.15, -0.1) is 0 Å². The Balaban J connectivity index is 2.81. The van der Waals surface area contributed by atoms with Gasteiger partial charge in [-0.05, 0) is 31.0 Å². The number of hydrogen-bond donors (Lipinski definition) is 2. The molecule has 0 saturated heterocycles. The number of hydrogen-bond acceptors (Lipinski definition) is 2. The molecular weight excluding hydrogens is 212 g/mol. The third-order valence-corrected chi connectivity index (χ3v) is 2.71. The number of carbonyl (C=O) groups excluding carboxylic acids is 1. The lowest BCUT2D eigenvalue weighted by Gasteiger charge is -2.12. The largest absolute Gasteiger partial charge is 0.324 e. The molecule has 3 nitrogen and oxygen atoms in total. The van der Waals surface area contributed by atoms with Crippen molar-refractivity contribution < 1.29 is 4.79 Å². The van der Waals surface area contributed by atoms with Gasteiger partial charge in [0, 0.05) is 10.7 Å². The van der Waals surface area contributed by atoms with Gasteiger partial charge < -0.3 is 11.1 Å². The van der Waals surface area contributed by atoms with Crippen LogP contribution in [0.15, 0.2) is 18.2 Å². The molecule has 4 heteroatoms. The minimum atomic E-state index is -0.469. The summed E-state index contributed by atoms with van der Waals surface area (Å²) in [7, 11) is 0. The van der Waals surface area contributed by atoms with Crippen LogP contribution in [0.2, 0.25) is 5.02 Å². The number of amides is 1. The Kier molecular flexibility index (Phi) is 4.12. The SMILES string of the molecule is CCC(N)C(=O)Nc1cccc(Cl)c1C. The molecule has 0 aliphatic carbocycles. The molecule has 1 aromatic carbocycles. The van der Waals surface area contributed by atoms with Crippen LogP contribution in [0.3, 0.4) is 0 Å². The number of anilines is 1. The molecule has 1 amide bonds. The van der Waals surface area contributed by atoms with Gasteiger partial charge in [0.25, 0.3) is 0 Å². The van der Waals surface area contributed by atoms with Crippen LogP contribution in [0.4, 0.5) is 5.69 Å². The van der Waals surface area contributed by atoms with Crippen LogP contribution in [0.25, 0.3) is 0 Å². The quantitative estimate of drug-likeness (QED) is 0.831. The predicted molar refractivity (Wildman–Crippen MR) is 63.1 cm³/mol. The molecule has 0 spiro atoms. The normalized spacial score (nSPS) is 12.3. The van der Waals surface area contributed by atoms with Crippen molar-refractivity contribution >= 4 is 23.2 Å². The van der Waals surface area contributed by atoms with E-state index in [9.17, 15) is 4.79 Å². The zero-order valence-corrected chi connectivity index (χ0v) is 9.64. The van der Waals surface area contributed by atoms with E-state index in [1.807, 2.05) is 19.9 Å². The number of nitrogens with two attached hydrogens (primary N) is 1. The fraction of sp³-hybridized carbons (Fsp3) is 0.364. The number of nitrogens with one attached hydrogen (secondary N) is 1. The van der Waals surface area contributed by atoms with Crippen molar-refractivity contribution in [1.29, 1.82) is 0 Å². The van der Waals surface area contributed by atoms with Crippen LogP contribution in [0.5, 0.6) is 0 Å². The topological polar surface area (TPSA) is 55.1 Å². The predicted octanol–water partition coefficient (Wildman–Crippen LogP) is 2.32. The lowest BCUT2D eigenvalue weighted by molar-refractivity contribution is -0.117. The number of benzene rings is 1. The van der Waals surface area contributed by atoms with Gasteiger partial charge in [-0.25, -0.2) is 0 Å². The van der Waals surface area contributed by atoms with Gasteiger partial charge in [0.05, 0.1) is 6.04 Å².